The second kappa shape index (κ2) is 5.11. The lowest BCUT2D eigenvalue weighted by molar-refractivity contribution is 0.479. The predicted molar refractivity (Wildman–Crippen MR) is 48.7 cm³/mol. The fraction of sp³-hybridized carbons (Fsp3) is 1.00. The Bertz CT molecular complexity index is 186. The van der Waals surface area contributed by atoms with Crippen molar-refractivity contribution in [2.75, 3.05) is 5.75 Å². The number of halogens is 1. The molecule has 0 aromatic heterocycles. The van der Waals surface area contributed by atoms with Crippen LogP contribution in [0, 0.1) is 0 Å². The zero-order chi connectivity index (χ0) is 8.91. The van der Waals surface area contributed by atoms with Crippen LogP contribution in [0.3, 0.4) is 0 Å². The Kier molecular flexibility index (Phi) is 5.29. The summed E-state index contributed by atoms with van der Waals surface area (Å²) in [6.45, 7) is 2.01. The summed E-state index contributed by atoms with van der Waals surface area (Å²) in [4.78, 5) is 0.420. The summed E-state index contributed by atoms with van der Waals surface area (Å²) in [7, 11) is -3.74. The van der Waals surface area contributed by atoms with Crippen LogP contribution in [-0.2, 0) is 10.1 Å². The van der Waals surface area contributed by atoms with Crippen LogP contribution in [0.15, 0.2) is 0 Å². The van der Waals surface area contributed by atoms with Gasteiger partial charge in [0.05, 0.1) is 5.75 Å². The van der Waals surface area contributed by atoms with Gasteiger partial charge in [0.2, 0.25) is 0 Å². The normalized spacial score (nSPS) is 14.8. The van der Waals surface area contributed by atoms with Crippen LogP contribution >= 0.6 is 15.9 Å². The molecule has 0 aromatic rings. The molecule has 0 heterocycles. The molecule has 0 fully saturated rings. The van der Waals surface area contributed by atoms with Gasteiger partial charge in [-0.05, 0) is 12.8 Å². The van der Waals surface area contributed by atoms with E-state index < -0.39 is 10.1 Å². The van der Waals surface area contributed by atoms with Gasteiger partial charge in [-0.25, -0.2) is 0 Å². The van der Waals surface area contributed by atoms with Gasteiger partial charge in [-0.3, -0.25) is 4.55 Å². The first-order valence-electron chi connectivity index (χ1n) is 3.51. The van der Waals surface area contributed by atoms with Crippen molar-refractivity contribution in [3.63, 3.8) is 0 Å². The molecule has 0 aromatic carbocycles. The van der Waals surface area contributed by atoms with Crippen molar-refractivity contribution >= 4 is 26.0 Å². The lowest BCUT2D eigenvalue weighted by atomic mass is 10.2. The number of rotatable bonds is 5. The van der Waals surface area contributed by atoms with Gasteiger partial charge in [0, 0.05) is 4.83 Å². The second-order valence-corrected chi connectivity index (χ2v) is 5.70. The summed E-state index contributed by atoms with van der Waals surface area (Å²) in [6, 6.07) is 0. The molecule has 68 valence electrons. The summed E-state index contributed by atoms with van der Waals surface area (Å²) >= 11 is 3.34. The zero-order valence-corrected chi connectivity index (χ0v) is 8.86. The van der Waals surface area contributed by atoms with Crippen LogP contribution in [0.4, 0.5) is 0 Å². The Hall–Kier alpha value is 0.390. The van der Waals surface area contributed by atoms with Crippen molar-refractivity contribution in [2.45, 2.75) is 31.0 Å². The summed E-state index contributed by atoms with van der Waals surface area (Å²) in [6.07, 6.45) is 2.30. The van der Waals surface area contributed by atoms with E-state index in [2.05, 4.69) is 15.9 Å². The van der Waals surface area contributed by atoms with E-state index in [1.807, 2.05) is 6.92 Å². The Balaban J connectivity index is 3.30. The number of alkyl halides is 1. The SMILES string of the molecule is CC(Br)CCCCS(=O)(=O)O. The number of hydrogen-bond acceptors (Lipinski definition) is 2. The predicted octanol–water partition coefficient (Wildman–Crippen LogP) is 1.83. The minimum absolute atomic E-state index is 0.118. The molecule has 0 aliphatic rings. The van der Waals surface area contributed by atoms with Crippen molar-refractivity contribution in [1.82, 2.24) is 0 Å². The highest BCUT2D eigenvalue weighted by Gasteiger charge is 2.03. The maximum Gasteiger partial charge on any atom is 0.264 e. The summed E-state index contributed by atoms with van der Waals surface area (Å²) < 4.78 is 28.8. The van der Waals surface area contributed by atoms with E-state index in [9.17, 15) is 8.42 Å². The van der Waals surface area contributed by atoms with E-state index in [-0.39, 0.29) is 5.75 Å². The summed E-state index contributed by atoms with van der Waals surface area (Å²) in [5.41, 5.74) is 0. The topological polar surface area (TPSA) is 54.4 Å². The van der Waals surface area contributed by atoms with Crippen molar-refractivity contribution in [3.05, 3.63) is 0 Å². The molecular formula is C6H13BrO3S. The Morgan fingerprint density at radius 3 is 2.36 bits per heavy atom. The van der Waals surface area contributed by atoms with Crippen LogP contribution in [0.1, 0.15) is 26.2 Å². The van der Waals surface area contributed by atoms with E-state index >= 15 is 0 Å². The van der Waals surface area contributed by atoms with Crippen molar-refractivity contribution in [2.24, 2.45) is 0 Å². The molecule has 0 bridgehead atoms. The molecule has 0 saturated heterocycles. The molecule has 0 amide bonds. The Morgan fingerprint density at radius 2 is 2.00 bits per heavy atom. The average molecular weight is 245 g/mol. The molecule has 3 nitrogen and oxygen atoms in total. The molecule has 5 heteroatoms. The Labute approximate surface area is 76.1 Å². The molecule has 1 atom stereocenters. The largest absolute Gasteiger partial charge is 0.286 e. The first kappa shape index (κ1) is 11.4. The minimum Gasteiger partial charge on any atom is -0.286 e. The van der Waals surface area contributed by atoms with Gasteiger partial charge in [0.15, 0.2) is 0 Å². The van der Waals surface area contributed by atoms with E-state index in [4.69, 9.17) is 4.55 Å². The molecule has 0 aliphatic heterocycles. The maximum atomic E-state index is 10.2. The second-order valence-electron chi connectivity index (χ2n) is 2.56. The fourth-order valence-corrected chi connectivity index (χ4v) is 1.60. The lowest BCUT2D eigenvalue weighted by Gasteiger charge is -2.00. The van der Waals surface area contributed by atoms with E-state index in [1.54, 1.807) is 0 Å². The molecular weight excluding hydrogens is 232 g/mol. The van der Waals surface area contributed by atoms with Crippen LogP contribution in [0.25, 0.3) is 0 Å². The third-order valence-electron chi connectivity index (χ3n) is 1.25. The third kappa shape index (κ3) is 10.4. The van der Waals surface area contributed by atoms with Gasteiger partial charge in [0.25, 0.3) is 10.1 Å². The lowest BCUT2D eigenvalue weighted by Crippen LogP contribution is -2.04. The van der Waals surface area contributed by atoms with Crippen molar-refractivity contribution in [1.29, 1.82) is 0 Å². The minimum atomic E-state index is -3.74. The third-order valence-corrected chi connectivity index (χ3v) is 2.52. The molecule has 11 heavy (non-hydrogen) atoms. The van der Waals surface area contributed by atoms with Crippen molar-refractivity contribution in [3.8, 4) is 0 Å². The van der Waals surface area contributed by atoms with Crippen LogP contribution in [0.2, 0.25) is 0 Å². The standard InChI is InChI=1S/C6H13BrO3S/c1-6(7)4-2-3-5-11(8,9)10/h6H,2-5H2,1H3,(H,8,9,10). The molecule has 0 aliphatic carbocycles. The maximum absolute atomic E-state index is 10.2. The van der Waals surface area contributed by atoms with Crippen LogP contribution < -0.4 is 0 Å². The van der Waals surface area contributed by atoms with Gasteiger partial charge >= 0.3 is 0 Å². The van der Waals surface area contributed by atoms with Gasteiger partial charge < -0.3 is 0 Å². The van der Waals surface area contributed by atoms with E-state index in [1.165, 1.54) is 0 Å². The summed E-state index contributed by atoms with van der Waals surface area (Å²) in [5, 5.41) is 0. The van der Waals surface area contributed by atoms with Gasteiger partial charge in [-0.1, -0.05) is 29.3 Å². The molecule has 0 saturated carbocycles. The highest BCUT2D eigenvalue weighted by molar-refractivity contribution is 9.09. The van der Waals surface area contributed by atoms with Gasteiger partial charge in [-0.2, -0.15) is 8.42 Å². The smallest absolute Gasteiger partial charge is 0.264 e. The monoisotopic (exact) mass is 244 g/mol. The number of unbranched alkanes of at least 4 members (excludes halogenated alkanes) is 1. The molecule has 0 radical (unpaired) electrons. The molecule has 1 unspecified atom stereocenters. The highest BCUT2D eigenvalue weighted by Crippen LogP contribution is 2.08. The van der Waals surface area contributed by atoms with Gasteiger partial charge in [-0.15, -0.1) is 0 Å². The van der Waals surface area contributed by atoms with Gasteiger partial charge in [0.1, 0.15) is 0 Å². The van der Waals surface area contributed by atoms with Crippen molar-refractivity contribution < 1.29 is 13.0 Å². The fourth-order valence-electron chi connectivity index (χ4n) is 0.710. The zero-order valence-electron chi connectivity index (χ0n) is 6.46. The quantitative estimate of drug-likeness (QED) is 0.456. The summed E-state index contributed by atoms with van der Waals surface area (Å²) in [5.74, 6) is -0.118. The van der Waals surface area contributed by atoms with Crippen LogP contribution in [-0.4, -0.2) is 23.6 Å². The first-order valence-corrected chi connectivity index (χ1v) is 6.03. The number of hydrogen-bond donors (Lipinski definition) is 1. The van der Waals surface area contributed by atoms with Crippen LogP contribution in [0.5, 0.6) is 0 Å². The Morgan fingerprint density at radius 1 is 1.45 bits per heavy atom. The van der Waals surface area contributed by atoms with E-state index in [0.29, 0.717) is 11.2 Å². The average Bonchev–Trinajstić information content (AvgIpc) is 1.78. The highest BCUT2D eigenvalue weighted by atomic mass is 79.9. The molecule has 0 rings (SSSR count). The van der Waals surface area contributed by atoms with E-state index in [0.717, 1.165) is 12.8 Å². The molecule has 1 N–H and O–H groups in total. The first-order chi connectivity index (χ1) is 4.92. The molecule has 0 spiro atoms.